The largest absolute Gasteiger partial charge is 0.534 e. The van der Waals surface area contributed by atoms with Crippen LogP contribution in [0.1, 0.15) is 19.3 Å². The van der Waals surface area contributed by atoms with Crippen LogP contribution in [0.3, 0.4) is 0 Å². The van der Waals surface area contributed by atoms with Gasteiger partial charge in [-0.2, -0.15) is 21.6 Å². The van der Waals surface area contributed by atoms with E-state index in [2.05, 4.69) is 4.18 Å². The molecule has 4 nitrogen and oxygen atoms in total. The second-order valence-corrected chi connectivity index (χ2v) is 4.61. The lowest BCUT2D eigenvalue weighted by molar-refractivity contribution is -0.0525. The molecule has 0 spiro atoms. The van der Waals surface area contributed by atoms with Crippen molar-refractivity contribution >= 4 is 10.1 Å². The van der Waals surface area contributed by atoms with Crippen molar-refractivity contribution in [1.82, 2.24) is 0 Å². The number of aliphatic hydroxyl groups excluding tert-OH is 1. The lowest BCUT2D eigenvalue weighted by Gasteiger charge is -2.17. The van der Waals surface area contributed by atoms with Gasteiger partial charge in [0.25, 0.3) is 0 Å². The van der Waals surface area contributed by atoms with Crippen LogP contribution >= 0.6 is 0 Å². The second kappa shape index (κ2) is 4.01. The fraction of sp³-hybridized carbons (Fsp3) is 0.714. The zero-order valence-corrected chi connectivity index (χ0v) is 8.31. The highest BCUT2D eigenvalue weighted by Gasteiger charge is 2.48. The van der Waals surface area contributed by atoms with Crippen LogP contribution in [-0.2, 0) is 14.3 Å². The number of alkyl halides is 3. The molecule has 0 saturated heterocycles. The predicted octanol–water partition coefficient (Wildman–Crippen LogP) is 1.28. The summed E-state index contributed by atoms with van der Waals surface area (Å²) in [5, 5.41) is 9.05. The lowest BCUT2D eigenvalue weighted by atomic mass is 10.0. The maximum atomic E-state index is 11.9. The summed E-state index contributed by atoms with van der Waals surface area (Å²) in [6.07, 6.45) is 0.885. The van der Waals surface area contributed by atoms with Gasteiger partial charge in [-0.05, 0) is 18.9 Å². The van der Waals surface area contributed by atoms with Crippen LogP contribution in [0.4, 0.5) is 13.2 Å². The number of halogens is 3. The Bertz CT molecular complexity index is 357. The number of aliphatic hydroxyl groups is 1. The molecule has 1 rings (SSSR count). The molecule has 0 amide bonds. The average molecular weight is 246 g/mol. The van der Waals surface area contributed by atoms with Gasteiger partial charge < -0.3 is 9.29 Å². The summed E-state index contributed by atoms with van der Waals surface area (Å²) < 4.78 is 60.6. The fourth-order valence-electron chi connectivity index (χ4n) is 1.12. The summed E-state index contributed by atoms with van der Waals surface area (Å²) >= 11 is 0. The van der Waals surface area contributed by atoms with Crippen LogP contribution in [0.25, 0.3) is 0 Å². The number of allylic oxidation sites excluding steroid dienone is 1. The van der Waals surface area contributed by atoms with Crippen molar-refractivity contribution in [1.29, 1.82) is 0 Å². The van der Waals surface area contributed by atoms with E-state index in [0.717, 1.165) is 6.08 Å². The Morgan fingerprint density at radius 2 is 2.07 bits per heavy atom. The molecule has 0 fully saturated rings. The molecule has 0 aromatic rings. The third-order valence-corrected chi connectivity index (χ3v) is 2.80. The van der Waals surface area contributed by atoms with Gasteiger partial charge in [-0.3, -0.25) is 0 Å². The van der Waals surface area contributed by atoms with E-state index in [-0.39, 0.29) is 12.2 Å². The minimum absolute atomic E-state index is 0.0758. The summed E-state index contributed by atoms with van der Waals surface area (Å²) in [6.45, 7) is 0. The highest BCUT2D eigenvalue weighted by atomic mass is 32.2. The van der Waals surface area contributed by atoms with Crippen molar-refractivity contribution in [2.75, 3.05) is 0 Å². The summed E-state index contributed by atoms with van der Waals surface area (Å²) in [7, 11) is -5.60. The number of hydrogen-bond acceptors (Lipinski definition) is 4. The van der Waals surface area contributed by atoms with E-state index in [1.807, 2.05) is 0 Å². The quantitative estimate of drug-likeness (QED) is 0.589. The second-order valence-electron chi connectivity index (χ2n) is 3.08. The molecule has 0 aliphatic heterocycles. The Morgan fingerprint density at radius 3 is 2.53 bits per heavy atom. The molecule has 1 aliphatic carbocycles. The van der Waals surface area contributed by atoms with Crippen molar-refractivity contribution in [3.05, 3.63) is 11.8 Å². The van der Waals surface area contributed by atoms with Crippen LogP contribution < -0.4 is 0 Å². The smallest absolute Gasteiger partial charge is 0.389 e. The Kier molecular flexibility index (Phi) is 3.29. The molecule has 8 heteroatoms. The number of hydrogen-bond donors (Lipinski definition) is 1. The topological polar surface area (TPSA) is 63.6 Å². The highest BCUT2D eigenvalue weighted by Crippen LogP contribution is 2.29. The van der Waals surface area contributed by atoms with Gasteiger partial charge in [0.05, 0.1) is 6.10 Å². The monoisotopic (exact) mass is 246 g/mol. The molecule has 0 radical (unpaired) electrons. The first-order valence-electron chi connectivity index (χ1n) is 4.12. The van der Waals surface area contributed by atoms with E-state index in [4.69, 9.17) is 5.11 Å². The van der Waals surface area contributed by atoms with Crippen LogP contribution in [0, 0.1) is 0 Å². The number of rotatable bonds is 2. The van der Waals surface area contributed by atoms with E-state index < -0.39 is 21.7 Å². The van der Waals surface area contributed by atoms with E-state index in [1.165, 1.54) is 0 Å². The lowest BCUT2D eigenvalue weighted by Crippen LogP contribution is -2.26. The molecule has 0 aromatic carbocycles. The zero-order chi connectivity index (χ0) is 11.7. The Morgan fingerprint density at radius 1 is 1.47 bits per heavy atom. The van der Waals surface area contributed by atoms with Crippen LogP contribution in [0.5, 0.6) is 0 Å². The van der Waals surface area contributed by atoms with Crippen LogP contribution in [-0.4, -0.2) is 25.1 Å². The van der Waals surface area contributed by atoms with Crippen LogP contribution in [0.15, 0.2) is 11.8 Å². The standard InChI is InChI=1S/C7H9F3O4S/c8-7(9,10)15(12,13)14-6-3-1-2-5(11)4-6/h4-5,11H,1-3H2. The molecule has 88 valence electrons. The first-order valence-corrected chi connectivity index (χ1v) is 5.53. The molecule has 0 aromatic heterocycles. The molecule has 1 N–H and O–H groups in total. The first kappa shape index (κ1) is 12.3. The van der Waals surface area contributed by atoms with Gasteiger partial charge in [0.15, 0.2) is 0 Å². The molecule has 0 saturated carbocycles. The Balaban J connectivity index is 2.79. The van der Waals surface area contributed by atoms with Crippen molar-refractivity contribution in [3.8, 4) is 0 Å². The molecule has 1 atom stereocenters. The van der Waals surface area contributed by atoms with E-state index in [0.29, 0.717) is 12.8 Å². The van der Waals surface area contributed by atoms with Gasteiger partial charge in [-0.15, -0.1) is 0 Å². The van der Waals surface area contributed by atoms with Crippen molar-refractivity contribution in [2.45, 2.75) is 30.9 Å². The van der Waals surface area contributed by atoms with Crippen LogP contribution in [0.2, 0.25) is 0 Å². The summed E-state index contributed by atoms with van der Waals surface area (Å²) in [5.74, 6) is -0.355. The van der Waals surface area contributed by atoms with Gasteiger partial charge in [-0.1, -0.05) is 0 Å². The third-order valence-electron chi connectivity index (χ3n) is 1.80. The molecule has 1 unspecified atom stereocenters. The molecular formula is C7H9F3O4S. The van der Waals surface area contributed by atoms with Crippen molar-refractivity contribution in [2.24, 2.45) is 0 Å². The zero-order valence-electron chi connectivity index (χ0n) is 7.49. The van der Waals surface area contributed by atoms with Gasteiger partial charge >= 0.3 is 15.6 Å². The molecular weight excluding hydrogens is 237 g/mol. The van der Waals surface area contributed by atoms with E-state index >= 15 is 0 Å². The van der Waals surface area contributed by atoms with Crippen molar-refractivity contribution < 1.29 is 30.9 Å². The Hall–Kier alpha value is -0.760. The van der Waals surface area contributed by atoms with E-state index in [9.17, 15) is 21.6 Å². The maximum Gasteiger partial charge on any atom is 0.534 e. The molecule has 0 bridgehead atoms. The Labute approximate surface area is 84.5 Å². The fourth-order valence-corrected chi connectivity index (χ4v) is 1.64. The summed E-state index contributed by atoms with van der Waals surface area (Å²) in [6, 6.07) is 0. The maximum absolute atomic E-state index is 11.9. The molecule has 15 heavy (non-hydrogen) atoms. The van der Waals surface area contributed by atoms with Gasteiger partial charge in [-0.25, -0.2) is 0 Å². The normalized spacial score (nSPS) is 23.5. The van der Waals surface area contributed by atoms with Gasteiger partial charge in [0.1, 0.15) is 5.76 Å². The van der Waals surface area contributed by atoms with Gasteiger partial charge in [0.2, 0.25) is 0 Å². The molecule has 0 heterocycles. The SMILES string of the molecule is O=S(=O)(OC1=CC(O)CCC1)C(F)(F)F. The van der Waals surface area contributed by atoms with Gasteiger partial charge in [0, 0.05) is 6.42 Å². The minimum atomic E-state index is -5.60. The highest BCUT2D eigenvalue weighted by molar-refractivity contribution is 7.87. The first-order chi connectivity index (χ1) is 6.72. The predicted molar refractivity (Wildman–Crippen MR) is 44.0 cm³/mol. The molecule has 1 aliphatic rings. The third kappa shape index (κ3) is 3.10. The minimum Gasteiger partial charge on any atom is -0.389 e. The summed E-state index contributed by atoms with van der Waals surface area (Å²) in [4.78, 5) is 0. The summed E-state index contributed by atoms with van der Waals surface area (Å²) in [5.41, 5.74) is -5.43. The van der Waals surface area contributed by atoms with E-state index in [1.54, 1.807) is 0 Å². The van der Waals surface area contributed by atoms with Crippen molar-refractivity contribution in [3.63, 3.8) is 0 Å². The average Bonchev–Trinajstić information content (AvgIpc) is 2.00.